The van der Waals surface area contributed by atoms with E-state index < -0.39 is 0 Å². The van der Waals surface area contributed by atoms with Gasteiger partial charge in [0.15, 0.2) is 0 Å². The number of nitrogens with zero attached hydrogens (tertiary/aromatic N) is 1. The molecule has 0 atom stereocenters. The minimum Gasteiger partial charge on any atom is -0.347 e. The molecule has 0 saturated carbocycles. The fraction of sp³-hybridized carbons (Fsp3) is 0.308. The van der Waals surface area contributed by atoms with Gasteiger partial charge in [-0.2, -0.15) is 0 Å². The Morgan fingerprint density at radius 1 is 1.25 bits per heavy atom. The number of nitrogens with one attached hydrogen (secondary N) is 2. The summed E-state index contributed by atoms with van der Waals surface area (Å²) in [5.74, 6) is 0. The van der Waals surface area contributed by atoms with Gasteiger partial charge in [-0.25, -0.2) is 4.98 Å². The van der Waals surface area contributed by atoms with Crippen LogP contribution in [-0.2, 0) is 13.0 Å². The molecule has 1 heterocycles. The van der Waals surface area contributed by atoms with Crippen LogP contribution in [0, 0.1) is 6.92 Å². The van der Waals surface area contributed by atoms with E-state index in [1.807, 2.05) is 6.20 Å². The summed E-state index contributed by atoms with van der Waals surface area (Å²) in [6, 6.07) is 8.69. The first-order chi connectivity index (χ1) is 7.84. The molecule has 0 amide bonds. The summed E-state index contributed by atoms with van der Waals surface area (Å²) in [6.45, 7) is 3.95. The van der Waals surface area contributed by atoms with E-state index >= 15 is 0 Å². The predicted molar refractivity (Wildman–Crippen MR) is 65.2 cm³/mol. The molecule has 16 heavy (non-hydrogen) atoms. The predicted octanol–water partition coefficient (Wildman–Crippen LogP) is 2.05. The second kappa shape index (κ2) is 5.47. The molecule has 0 saturated heterocycles. The summed E-state index contributed by atoms with van der Waals surface area (Å²) in [7, 11) is 0. The van der Waals surface area contributed by atoms with Crippen molar-refractivity contribution in [3.63, 3.8) is 0 Å². The van der Waals surface area contributed by atoms with E-state index in [1.165, 1.54) is 11.1 Å². The normalized spacial score (nSPS) is 10.6. The van der Waals surface area contributed by atoms with Gasteiger partial charge in [-0.3, -0.25) is 0 Å². The molecule has 84 valence electrons. The fourth-order valence-electron chi connectivity index (χ4n) is 1.59. The lowest BCUT2D eigenvalue weighted by molar-refractivity contribution is 0.677. The first kappa shape index (κ1) is 10.9. The molecule has 3 heteroatoms. The highest BCUT2D eigenvalue weighted by atomic mass is 14.9. The molecule has 0 aliphatic rings. The molecule has 0 spiro atoms. The molecule has 2 aromatic rings. The van der Waals surface area contributed by atoms with Gasteiger partial charge in [-0.1, -0.05) is 29.8 Å². The largest absolute Gasteiger partial charge is 0.347 e. The molecule has 0 fully saturated rings. The van der Waals surface area contributed by atoms with Gasteiger partial charge < -0.3 is 10.3 Å². The average Bonchev–Trinajstić information content (AvgIpc) is 2.80. The van der Waals surface area contributed by atoms with Crippen LogP contribution in [0.2, 0.25) is 0 Å². The second-order valence-electron chi connectivity index (χ2n) is 3.99. The van der Waals surface area contributed by atoms with Crippen LogP contribution >= 0.6 is 0 Å². The van der Waals surface area contributed by atoms with Gasteiger partial charge in [0.2, 0.25) is 0 Å². The molecule has 0 unspecified atom stereocenters. The quantitative estimate of drug-likeness (QED) is 0.749. The van der Waals surface area contributed by atoms with E-state index in [4.69, 9.17) is 0 Å². The maximum atomic E-state index is 3.97. The van der Waals surface area contributed by atoms with Crippen molar-refractivity contribution in [2.24, 2.45) is 0 Å². The number of aryl methyl sites for hydroxylation is 1. The zero-order valence-corrected chi connectivity index (χ0v) is 9.53. The van der Waals surface area contributed by atoms with Crippen LogP contribution in [0.15, 0.2) is 36.8 Å². The van der Waals surface area contributed by atoms with Crippen molar-refractivity contribution in [2.75, 3.05) is 6.54 Å². The number of aromatic nitrogens is 2. The Kier molecular flexibility index (Phi) is 3.72. The molecule has 1 aromatic heterocycles. The van der Waals surface area contributed by atoms with Crippen LogP contribution in [0.25, 0.3) is 0 Å². The summed E-state index contributed by atoms with van der Waals surface area (Å²) >= 11 is 0. The number of benzene rings is 1. The van der Waals surface area contributed by atoms with Crippen LogP contribution in [0.5, 0.6) is 0 Å². The van der Waals surface area contributed by atoms with E-state index in [2.05, 4.69) is 46.5 Å². The van der Waals surface area contributed by atoms with Crippen LogP contribution in [0.4, 0.5) is 0 Å². The van der Waals surface area contributed by atoms with Crippen molar-refractivity contribution in [3.05, 3.63) is 53.6 Å². The zero-order valence-electron chi connectivity index (χ0n) is 9.53. The molecule has 2 N–H and O–H groups in total. The number of aromatic amines is 1. The van der Waals surface area contributed by atoms with Crippen LogP contribution in [-0.4, -0.2) is 16.5 Å². The summed E-state index contributed by atoms with van der Waals surface area (Å²) in [4.78, 5) is 7.04. The Hall–Kier alpha value is -1.61. The minimum absolute atomic E-state index is 0.853. The molecule has 3 nitrogen and oxygen atoms in total. The lowest BCUT2D eigenvalue weighted by atomic mass is 10.1. The first-order valence-electron chi connectivity index (χ1n) is 5.58. The van der Waals surface area contributed by atoms with Crippen molar-refractivity contribution in [3.8, 4) is 0 Å². The Balaban J connectivity index is 1.70. The van der Waals surface area contributed by atoms with Crippen molar-refractivity contribution in [2.45, 2.75) is 19.9 Å². The topological polar surface area (TPSA) is 40.7 Å². The molecule has 1 aromatic carbocycles. The van der Waals surface area contributed by atoms with Crippen molar-refractivity contribution < 1.29 is 0 Å². The molecular weight excluding hydrogens is 198 g/mol. The number of imidazole rings is 1. The fourth-order valence-corrected chi connectivity index (χ4v) is 1.59. The molecule has 0 radical (unpaired) electrons. The summed E-state index contributed by atoms with van der Waals surface area (Å²) in [5, 5.41) is 3.38. The standard InChI is InChI=1S/C13H17N3/c1-11-2-4-12(5-3-11)6-7-14-8-13-9-15-10-16-13/h2-5,9-10,14H,6-8H2,1H3,(H,15,16). The third kappa shape index (κ3) is 3.21. The molecule has 0 bridgehead atoms. The van der Waals surface area contributed by atoms with Gasteiger partial charge in [0.25, 0.3) is 0 Å². The number of rotatable bonds is 5. The Morgan fingerprint density at radius 2 is 2.06 bits per heavy atom. The van der Waals surface area contributed by atoms with Crippen molar-refractivity contribution in [1.29, 1.82) is 0 Å². The van der Waals surface area contributed by atoms with Crippen molar-refractivity contribution in [1.82, 2.24) is 15.3 Å². The average molecular weight is 215 g/mol. The number of hydrogen-bond acceptors (Lipinski definition) is 2. The van der Waals surface area contributed by atoms with Gasteiger partial charge >= 0.3 is 0 Å². The van der Waals surface area contributed by atoms with Crippen LogP contribution < -0.4 is 5.32 Å². The van der Waals surface area contributed by atoms with Gasteiger partial charge in [0, 0.05) is 18.4 Å². The number of hydrogen-bond donors (Lipinski definition) is 2. The highest BCUT2D eigenvalue weighted by Gasteiger charge is 1.94. The van der Waals surface area contributed by atoms with Crippen LogP contribution in [0.3, 0.4) is 0 Å². The summed E-state index contributed by atoms with van der Waals surface area (Å²) in [5.41, 5.74) is 3.82. The maximum Gasteiger partial charge on any atom is 0.0922 e. The smallest absolute Gasteiger partial charge is 0.0922 e. The summed E-state index contributed by atoms with van der Waals surface area (Å²) < 4.78 is 0. The van der Waals surface area contributed by atoms with E-state index in [9.17, 15) is 0 Å². The van der Waals surface area contributed by atoms with E-state index in [0.29, 0.717) is 0 Å². The van der Waals surface area contributed by atoms with Crippen molar-refractivity contribution >= 4 is 0 Å². The second-order valence-corrected chi connectivity index (χ2v) is 3.99. The van der Waals surface area contributed by atoms with E-state index in [-0.39, 0.29) is 0 Å². The van der Waals surface area contributed by atoms with Gasteiger partial charge in [0.1, 0.15) is 0 Å². The highest BCUT2D eigenvalue weighted by molar-refractivity contribution is 5.21. The van der Waals surface area contributed by atoms with E-state index in [1.54, 1.807) is 6.33 Å². The maximum absolute atomic E-state index is 3.97. The van der Waals surface area contributed by atoms with E-state index in [0.717, 1.165) is 25.2 Å². The lowest BCUT2D eigenvalue weighted by Gasteiger charge is -2.03. The zero-order chi connectivity index (χ0) is 11.2. The Labute approximate surface area is 95.9 Å². The Bertz CT molecular complexity index is 403. The lowest BCUT2D eigenvalue weighted by Crippen LogP contribution is -2.16. The third-order valence-electron chi connectivity index (χ3n) is 2.58. The highest BCUT2D eigenvalue weighted by Crippen LogP contribution is 2.03. The molecule has 0 aliphatic heterocycles. The van der Waals surface area contributed by atoms with Gasteiger partial charge in [-0.15, -0.1) is 0 Å². The molecule has 0 aliphatic carbocycles. The van der Waals surface area contributed by atoms with Gasteiger partial charge in [0.05, 0.1) is 6.33 Å². The SMILES string of the molecule is Cc1ccc(CCNCc2cnc[nH]2)cc1. The van der Waals surface area contributed by atoms with Gasteiger partial charge in [-0.05, 0) is 25.5 Å². The Morgan fingerprint density at radius 3 is 2.75 bits per heavy atom. The monoisotopic (exact) mass is 215 g/mol. The summed E-state index contributed by atoms with van der Waals surface area (Å²) in [6.07, 6.45) is 4.62. The third-order valence-corrected chi connectivity index (χ3v) is 2.58. The molecule has 2 rings (SSSR count). The number of H-pyrrole nitrogens is 1. The minimum atomic E-state index is 0.853. The van der Waals surface area contributed by atoms with Crippen LogP contribution in [0.1, 0.15) is 16.8 Å². The molecular formula is C13H17N3. The first-order valence-corrected chi connectivity index (χ1v) is 5.58.